The van der Waals surface area contributed by atoms with Crippen LogP contribution in [-0.4, -0.2) is 54.0 Å². The van der Waals surface area contributed by atoms with Crippen LogP contribution >= 0.6 is 11.6 Å². The minimum absolute atomic E-state index is 0.0588. The highest BCUT2D eigenvalue weighted by atomic mass is 35.5. The van der Waals surface area contributed by atoms with Crippen molar-refractivity contribution < 1.29 is 4.79 Å². The number of hydrogen-bond donors (Lipinski definition) is 1. The summed E-state index contributed by atoms with van der Waals surface area (Å²) in [6.45, 7) is 3.85. The van der Waals surface area contributed by atoms with Gasteiger partial charge in [-0.05, 0) is 56.8 Å². The number of benzene rings is 1. The van der Waals surface area contributed by atoms with Crippen LogP contribution < -0.4 is 5.32 Å². The summed E-state index contributed by atoms with van der Waals surface area (Å²) in [7, 11) is 4.01. The van der Waals surface area contributed by atoms with E-state index in [4.69, 9.17) is 11.6 Å². The lowest BCUT2D eigenvalue weighted by Gasteiger charge is -2.26. The van der Waals surface area contributed by atoms with Crippen molar-refractivity contribution in [1.29, 1.82) is 0 Å². The van der Waals surface area contributed by atoms with Crippen LogP contribution in [0.3, 0.4) is 0 Å². The molecule has 1 aromatic carbocycles. The van der Waals surface area contributed by atoms with Crippen LogP contribution in [0.15, 0.2) is 48.8 Å². The number of rotatable bonds is 8. The fourth-order valence-electron chi connectivity index (χ4n) is 2.41. The number of nitrogens with one attached hydrogen (secondary N) is 1. The van der Waals surface area contributed by atoms with Gasteiger partial charge in [0.2, 0.25) is 0 Å². The van der Waals surface area contributed by atoms with Gasteiger partial charge < -0.3 is 15.1 Å². The molecule has 2 rings (SSSR count). The Morgan fingerprint density at radius 3 is 2.54 bits per heavy atom. The molecule has 0 bridgehead atoms. The van der Waals surface area contributed by atoms with E-state index in [2.05, 4.69) is 22.1 Å². The second kappa shape index (κ2) is 10.1. The number of pyridine rings is 1. The van der Waals surface area contributed by atoms with E-state index in [1.54, 1.807) is 12.4 Å². The number of amides is 2. The Bertz CT molecular complexity index is 676. The molecule has 0 spiro atoms. The molecule has 0 fully saturated rings. The molecule has 0 saturated carbocycles. The van der Waals surface area contributed by atoms with E-state index in [9.17, 15) is 4.79 Å². The molecule has 2 aromatic rings. The van der Waals surface area contributed by atoms with Crippen LogP contribution in [0, 0.1) is 0 Å². The molecule has 5 nitrogen and oxygen atoms in total. The Hall–Kier alpha value is -2.11. The number of likely N-dealkylation sites (N-methyl/N-ethyl adjacent to an activating group) is 1. The fourth-order valence-corrected chi connectivity index (χ4v) is 2.53. The van der Waals surface area contributed by atoms with Crippen molar-refractivity contribution in [3.05, 3.63) is 64.9 Å². The van der Waals surface area contributed by atoms with Crippen LogP contribution in [0.4, 0.5) is 4.79 Å². The van der Waals surface area contributed by atoms with Crippen molar-refractivity contribution >= 4 is 17.6 Å². The molecular weight excluding hydrogens is 348 g/mol. The first-order valence-electron chi connectivity index (χ1n) is 8.78. The number of carbonyl (C=O) groups excluding carboxylic acids is 1. The van der Waals surface area contributed by atoms with Gasteiger partial charge >= 0.3 is 6.03 Å². The third-order valence-electron chi connectivity index (χ3n) is 4.40. The van der Waals surface area contributed by atoms with Gasteiger partial charge in [-0.3, -0.25) is 4.98 Å². The molecule has 1 unspecified atom stereocenters. The van der Waals surface area contributed by atoms with Gasteiger partial charge in [0, 0.05) is 43.1 Å². The molecule has 1 aromatic heterocycles. The van der Waals surface area contributed by atoms with E-state index in [-0.39, 0.29) is 12.1 Å². The summed E-state index contributed by atoms with van der Waals surface area (Å²) in [6.07, 6.45) is 4.31. The predicted molar refractivity (Wildman–Crippen MR) is 106 cm³/mol. The van der Waals surface area contributed by atoms with Crippen molar-refractivity contribution in [2.75, 3.05) is 27.2 Å². The second-order valence-electron chi connectivity index (χ2n) is 6.66. The largest absolute Gasteiger partial charge is 0.336 e. The third kappa shape index (κ3) is 6.65. The zero-order chi connectivity index (χ0) is 18.9. The van der Waals surface area contributed by atoms with Crippen LogP contribution in [0.5, 0.6) is 0 Å². The molecule has 0 radical (unpaired) electrons. The highest BCUT2D eigenvalue weighted by Crippen LogP contribution is 2.11. The van der Waals surface area contributed by atoms with Crippen LogP contribution in [-0.2, 0) is 13.0 Å². The van der Waals surface area contributed by atoms with Gasteiger partial charge in [0.25, 0.3) is 0 Å². The molecule has 0 aliphatic heterocycles. The lowest BCUT2D eigenvalue weighted by atomic mass is 10.1. The van der Waals surface area contributed by atoms with Gasteiger partial charge in [0.1, 0.15) is 0 Å². The summed E-state index contributed by atoms with van der Waals surface area (Å²) in [4.78, 5) is 20.8. The van der Waals surface area contributed by atoms with E-state index in [1.165, 1.54) is 0 Å². The highest BCUT2D eigenvalue weighted by Gasteiger charge is 2.15. The maximum absolute atomic E-state index is 12.7. The third-order valence-corrected chi connectivity index (χ3v) is 4.65. The number of hydrogen-bond acceptors (Lipinski definition) is 3. The predicted octanol–water partition coefficient (Wildman–Crippen LogP) is 3.44. The van der Waals surface area contributed by atoms with E-state index < -0.39 is 0 Å². The van der Waals surface area contributed by atoms with Crippen LogP contribution in [0.2, 0.25) is 5.02 Å². The Morgan fingerprint density at radius 1 is 1.19 bits per heavy atom. The second-order valence-corrected chi connectivity index (χ2v) is 7.09. The van der Waals surface area contributed by atoms with Crippen LogP contribution in [0.25, 0.3) is 0 Å². The molecule has 2 amide bonds. The van der Waals surface area contributed by atoms with Gasteiger partial charge in [-0.15, -0.1) is 0 Å². The SMILES string of the molecule is CC(CNC(=O)N(CCc1ccc(Cl)cc1)Cc1cccnc1)N(C)C. The van der Waals surface area contributed by atoms with Crippen molar-refractivity contribution in [2.45, 2.75) is 25.9 Å². The molecule has 0 aliphatic carbocycles. The zero-order valence-electron chi connectivity index (χ0n) is 15.7. The van der Waals surface area contributed by atoms with E-state index in [0.29, 0.717) is 19.6 Å². The van der Waals surface area contributed by atoms with Gasteiger partial charge in [0.05, 0.1) is 0 Å². The fraction of sp³-hybridized carbons (Fsp3) is 0.400. The number of carbonyl (C=O) groups is 1. The Morgan fingerprint density at radius 2 is 1.92 bits per heavy atom. The molecule has 0 saturated heterocycles. The lowest BCUT2D eigenvalue weighted by Crippen LogP contribution is -2.45. The topological polar surface area (TPSA) is 48.5 Å². The summed E-state index contributed by atoms with van der Waals surface area (Å²) in [5.41, 5.74) is 2.17. The number of urea groups is 1. The molecule has 1 N–H and O–H groups in total. The minimum Gasteiger partial charge on any atom is -0.336 e. The first-order chi connectivity index (χ1) is 12.5. The van der Waals surface area contributed by atoms with Crippen molar-refractivity contribution in [3.63, 3.8) is 0 Å². The highest BCUT2D eigenvalue weighted by molar-refractivity contribution is 6.30. The Kier molecular flexibility index (Phi) is 7.88. The number of aromatic nitrogens is 1. The molecule has 1 heterocycles. The van der Waals surface area contributed by atoms with Gasteiger partial charge in [-0.1, -0.05) is 29.8 Å². The smallest absolute Gasteiger partial charge is 0.317 e. The van der Waals surface area contributed by atoms with Gasteiger partial charge in [0.15, 0.2) is 0 Å². The van der Waals surface area contributed by atoms with Crippen LogP contribution in [0.1, 0.15) is 18.1 Å². The van der Waals surface area contributed by atoms with Crippen molar-refractivity contribution in [3.8, 4) is 0 Å². The molecule has 0 aliphatic rings. The average molecular weight is 375 g/mol. The Labute approximate surface area is 161 Å². The summed E-state index contributed by atoms with van der Waals surface area (Å²) in [6, 6.07) is 11.8. The average Bonchev–Trinajstić information content (AvgIpc) is 2.64. The lowest BCUT2D eigenvalue weighted by molar-refractivity contribution is 0.191. The summed E-state index contributed by atoms with van der Waals surface area (Å²) < 4.78 is 0. The first-order valence-corrected chi connectivity index (χ1v) is 9.16. The number of nitrogens with zero attached hydrogens (tertiary/aromatic N) is 3. The van der Waals surface area contributed by atoms with Crippen molar-refractivity contribution in [1.82, 2.24) is 20.1 Å². The van der Waals surface area contributed by atoms with Crippen molar-refractivity contribution in [2.24, 2.45) is 0 Å². The monoisotopic (exact) mass is 374 g/mol. The van der Waals surface area contributed by atoms with Gasteiger partial charge in [-0.25, -0.2) is 4.79 Å². The quantitative estimate of drug-likeness (QED) is 0.770. The molecule has 26 heavy (non-hydrogen) atoms. The Balaban J connectivity index is 2.00. The minimum atomic E-state index is -0.0588. The van der Waals surface area contributed by atoms with E-state index in [1.807, 2.05) is 55.4 Å². The van der Waals surface area contributed by atoms with Gasteiger partial charge in [-0.2, -0.15) is 0 Å². The molecule has 1 atom stereocenters. The number of halogens is 1. The van der Waals surface area contributed by atoms with E-state index in [0.717, 1.165) is 22.6 Å². The molecular formula is C20H27ClN4O. The van der Waals surface area contributed by atoms with E-state index >= 15 is 0 Å². The summed E-state index contributed by atoms with van der Waals surface area (Å²) >= 11 is 5.94. The maximum atomic E-state index is 12.7. The normalized spacial score (nSPS) is 12.0. The maximum Gasteiger partial charge on any atom is 0.317 e. The standard InChI is InChI=1S/C20H27ClN4O/c1-16(24(2)3)13-23-20(26)25(15-18-5-4-11-22-14-18)12-10-17-6-8-19(21)9-7-17/h4-9,11,14,16H,10,12-13,15H2,1-3H3,(H,23,26). The molecule has 6 heteroatoms. The summed E-state index contributed by atoms with van der Waals surface area (Å²) in [5.74, 6) is 0. The molecule has 140 valence electrons. The zero-order valence-corrected chi connectivity index (χ0v) is 16.4. The summed E-state index contributed by atoms with van der Waals surface area (Å²) in [5, 5.41) is 3.75. The first kappa shape index (κ1) is 20.2.